The van der Waals surface area contributed by atoms with Crippen LogP contribution in [0.3, 0.4) is 0 Å². The third kappa shape index (κ3) is 2.95. The molecule has 0 radical (unpaired) electrons. The summed E-state index contributed by atoms with van der Waals surface area (Å²) in [5, 5.41) is 7.00. The van der Waals surface area contributed by atoms with Crippen molar-refractivity contribution >= 4 is 34.2 Å². The molecular formula is C18H15ClN2O. The molecule has 3 aromatic rings. The molecule has 0 saturated heterocycles. The van der Waals surface area contributed by atoms with Crippen molar-refractivity contribution in [2.24, 2.45) is 0 Å². The van der Waals surface area contributed by atoms with Gasteiger partial charge in [-0.05, 0) is 35.9 Å². The number of hydrogen-bond acceptors (Lipinski definition) is 2. The smallest absolute Gasteiger partial charge is 0.185 e. The van der Waals surface area contributed by atoms with E-state index in [4.69, 9.17) is 11.6 Å². The molecule has 0 saturated carbocycles. The molecule has 0 aliphatic rings. The molecule has 0 aliphatic carbocycles. The fourth-order valence-electron chi connectivity index (χ4n) is 2.28. The van der Waals surface area contributed by atoms with E-state index >= 15 is 0 Å². The minimum atomic E-state index is -0.0622. The van der Waals surface area contributed by atoms with E-state index in [1.54, 1.807) is 17.0 Å². The van der Waals surface area contributed by atoms with Crippen LogP contribution in [0.1, 0.15) is 23.0 Å². The van der Waals surface area contributed by atoms with E-state index < -0.39 is 0 Å². The number of hydrogen-bond donors (Lipinski definition) is 0. The maximum absolute atomic E-state index is 12.3. The van der Waals surface area contributed by atoms with Gasteiger partial charge in [-0.3, -0.25) is 9.48 Å². The van der Waals surface area contributed by atoms with Crippen molar-refractivity contribution in [3.8, 4) is 0 Å². The topological polar surface area (TPSA) is 34.9 Å². The monoisotopic (exact) mass is 310 g/mol. The summed E-state index contributed by atoms with van der Waals surface area (Å²) in [5.41, 5.74) is 1.26. The van der Waals surface area contributed by atoms with Crippen LogP contribution in [-0.4, -0.2) is 15.6 Å². The summed E-state index contributed by atoms with van der Waals surface area (Å²) in [5.74, 6) is -0.0622. The number of allylic oxidation sites excluding steroid dienone is 1. The van der Waals surface area contributed by atoms with Crippen LogP contribution < -0.4 is 0 Å². The van der Waals surface area contributed by atoms with Gasteiger partial charge in [0.1, 0.15) is 5.69 Å². The maximum Gasteiger partial charge on any atom is 0.185 e. The second-order valence-corrected chi connectivity index (χ2v) is 5.38. The summed E-state index contributed by atoms with van der Waals surface area (Å²) in [6.07, 6.45) is 4.92. The first-order chi connectivity index (χ1) is 10.7. The molecule has 0 aliphatic heterocycles. The Morgan fingerprint density at radius 3 is 2.73 bits per heavy atom. The highest BCUT2D eigenvalue weighted by Gasteiger charge is 2.06. The highest BCUT2D eigenvalue weighted by Crippen LogP contribution is 2.18. The SMILES string of the molecule is CCn1cc(Cl)c(C=CC(=O)c2ccc3ccccc3c2)n1. The molecule has 3 nitrogen and oxygen atoms in total. The molecule has 4 heteroatoms. The second-order valence-electron chi connectivity index (χ2n) is 4.98. The van der Waals surface area contributed by atoms with Crippen LogP contribution in [-0.2, 0) is 6.54 Å². The molecule has 0 unspecified atom stereocenters. The summed E-state index contributed by atoms with van der Waals surface area (Å²) >= 11 is 6.09. The average Bonchev–Trinajstić information content (AvgIpc) is 2.92. The predicted molar refractivity (Wildman–Crippen MR) is 90.2 cm³/mol. The van der Waals surface area contributed by atoms with Crippen molar-refractivity contribution in [3.05, 3.63) is 71.0 Å². The number of nitrogens with zero attached hydrogens (tertiary/aromatic N) is 2. The lowest BCUT2D eigenvalue weighted by molar-refractivity contribution is 0.104. The third-order valence-electron chi connectivity index (χ3n) is 3.49. The lowest BCUT2D eigenvalue weighted by Gasteiger charge is -2.00. The van der Waals surface area contributed by atoms with E-state index in [1.807, 2.05) is 49.4 Å². The van der Waals surface area contributed by atoms with Gasteiger partial charge in [0.25, 0.3) is 0 Å². The van der Waals surface area contributed by atoms with Crippen LogP contribution in [0, 0.1) is 0 Å². The normalized spacial score (nSPS) is 11.4. The first-order valence-corrected chi connectivity index (χ1v) is 7.49. The number of aromatic nitrogens is 2. The number of carbonyl (C=O) groups excluding carboxylic acids is 1. The molecule has 0 fully saturated rings. The van der Waals surface area contributed by atoms with E-state index in [0.29, 0.717) is 16.3 Å². The Labute approximate surface area is 133 Å². The van der Waals surface area contributed by atoms with Crippen LogP contribution in [0.5, 0.6) is 0 Å². The highest BCUT2D eigenvalue weighted by molar-refractivity contribution is 6.31. The van der Waals surface area contributed by atoms with Crippen molar-refractivity contribution in [3.63, 3.8) is 0 Å². The van der Waals surface area contributed by atoms with Crippen molar-refractivity contribution in [1.29, 1.82) is 0 Å². The Hall–Kier alpha value is -2.39. The third-order valence-corrected chi connectivity index (χ3v) is 3.79. The van der Waals surface area contributed by atoms with Crippen molar-refractivity contribution < 1.29 is 4.79 Å². The summed E-state index contributed by atoms with van der Waals surface area (Å²) < 4.78 is 1.74. The van der Waals surface area contributed by atoms with Gasteiger partial charge < -0.3 is 0 Å². The standard InChI is InChI=1S/C18H15ClN2O/c1-2-21-12-16(19)17(20-21)9-10-18(22)15-8-7-13-5-3-4-6-14(13)11-15/h3-12H,2H2,1H3. The lowest BCUT2D eigenvalue weighted by atomic mass is 10.0. The molecule has 0 amide bonds. The zero-order valence-corrected chi connectivity index (χ0v) is 12.9. The molecule has 0 atom stereocenters. The van der Waals surface area contributed by atoms with Crippen molar-refractivity contribution in [2.75, 3.05) is 0 Å². The lowest BCUT2D eigenvalue weighted by Crippen LogP contribution is -1.95. The molecule has 3 rings (SSSR count). The Bertz CT molecular complexity index is 864. The largest absolute Gasteiger partial charge is 0.289 e. The van der Waals surface area contributed by atoms with Gasteiger partial charge in [0.15, 0.2) is 5.78 Å². The molecule has 0 bridgehead atoms. The average molecular weight is 311 g/mol. The zero-order chi connectivity index (χ0) is 15.5. The van der Waals surface area contributed by atoms with E-state index in [0.717, 1.165) is 17.3 Å². The summed E-state index contributed by atoms with van der Waals surface area (Å²) in [6, 6.07) is 13.6. The quantitative estimate of drug-likeness (QED) is 0.521. The number of fused-ring (bicyclic) bond motifs is 1. The number of carbonyl (C=O) groups is 1. The van der Waals surface area contributed by atoms with Gasteiger partial charge in [0, 0.05) is 18.3 Å². The molecule has 0 spiro atoms. The minimum Gasteiger partial charge on any atom is -0.289 e. The van der Waals surface area contributed by atoms with E-state index in [-0.39, 0.29) is 5.78 Å². The van der Waals surface area contributed by atoms with E-state index in [2.05, 4.69) is 5.10 Å². The molecule has 1 heterocycles. The second kappa shape index (κ2) is 6.16. The Morgan fingerprint density at radius 1 is 1.23 bits per heavy atom. The Balaban J connectivity index is 1.85. The molecule has 2 aromatic carbocycles. The van der Waals surface area contributed by atoms with Gasteiger partial charge in [-0.2, -0.15) is 5.10 Å². The molecule has 22 heavy (non-hydrogen) atoms. The number of aryl methyl sites for hydroxylation is 1. The van der Waals surface area contributed by atoms with Crippen LogP contribution in [0.25, 0.3) is 16.8 Å². The first-order valence-electron chi connectivity index (χ1n) is 7.11. The number of rotatable bonds is 4. The summed E-state index contributed by atoms with van der Waals surface area (Å²) in [4.78, 5) is 12.3. The van der Waals surface area contributed by atoms with Gasteiger partial charge in [-0.1, -0.05) is 48.0 Å². The molecule has 0 N–H and O–H groups in total. The van der Waals surface area contributed by atoms with Gasteiger partial charge in [-0.15, -0.1) is 0 Å². The van der Waals surface area contributed by atoms with Gasteiger partial charge in [0.05, 0.1) is 5.02 Å². The summed E-state index contributed by atoms with van der Waals surface area (Å²) in [7, 11) is 0. The van der Waals surface area contributed by atoms with Crippen LogP contribution in [0.4, 0.5) is 0 Å². The van der Waals surface area contributed by atoms with Crippen LogP contribution in [0.15, 0.2) is 54.7 Å². The van der Waals surface area contributed by atoms with Crippen LogP contribution in [0.2, 0.25) is 5.02 Å². The first kappa shape index (κ1) is 14.5. The van der Waals surface area contributed by atoms with E-state index in [1.165, 1.54) is 6.08 Å². The van der Waals surface area contributed by atoms with Gasteiger partial charge in [0.2, 0.25) is 0 Å². The fraction of sp³-hybridized carbons (Fsp3) is 0.111. The number of ketones is 1. The number of halogens is 1. The maximum atomic E-state index is 12.3. The molecular weight excluding hydrogens is 296 g/mol. The van der Waals surface area contributed by atoms with E-state index in [9.17, 15) is 4.79 Å². The fourth-order valence-corrected chi connectivity index (χ4v) is 2.49. The van der Waals surface area contributed by atoms with Crippen molar-refractivity contribution in [2.45, 2.75) is 13.5 Å². The molecule has 1 aromatic heterocycles. The predicted octanol–water partition coefficient (Wildman–Crippen LogP) is 4.61. The molecule has 110 valence electrons. The highest BCUT2D eigenvalue weighted by atomic mass is 35.5. The Kier molecular flexibility index (Phi) is 4.07. The van der Waals surface area contributed by atoms with Crippen molar-refractivity contribution in [1.82, 2.24) is 9.78 Å². The van der Waals surface area contributed by atoms with Crippen LogP contribution >= 0.6 is 11.6 Å². The van der Waals surface area contributed by atoms with Gasteiger partial charge >= 0.3 is 0 Å². The summed E-state index contributed by atoms with van der Waals surface area (Å²) in [6.45, 7) is 2.73. The number of benzene rings is 2. The Morgan fingerprint density at radius 2 is 2.00 bits per heavy atom. The minimum absolute atomic E-state index is 0.0622. The van der Waals surface area contributed by atoms with Gasteiger partial charge in [-0.25, -0.2) is 0 Å². The zero-order valence-electron chi connectivity index (χ0n) is 12.2.